The predicted octanol–water partition coefficient (Wildman–Crippen LogP) is 3.89. The normalized spacial score (nSPS) is 9.83. The van der Waals surface area contributed by atoms with Crippen LogP contribution in [-0.4, -0.2) is 0 Å². The minimum atomic E-state index is 0.683. The van der Waals surface area contributed by atoms with E-state index in [1.54, 1.807) is 0 Å². The van der Waals surface area contributed by atoms with Gasteiger partial charge >= 0.3 is 0 Å². The zero-order valence-electron chi connectivity index (χ0n) is 6.18. The third-order valence-corrected chi connectivity index (χ3v) is 2.87. The van der Waals surface area contributed by atoms with Gasteiger partial charge in [0.25, 0.3) is 0 Å². The Bertz CT molecular complexity index is 314. The van der Waals surface area contributed by atoms with Crippen molar-refractivity contribution in [2.45, 2.75) is 0 Å². The second kappa shape index (κ2) is 4.21. The van der Waals surface area contributed by atoms with Crippen molar-refractivity contribution in [2.24, 2.45) is 0 Å². The summed E-state index contributed by atoms with van der Waals surface area (Å²) >= 11 is 3.32. The number of nitrogen functional groups attached to an aromatic ring is 1. The minimum absolute atomic E-state index is 0.683. The van der Waals surface area contributed by atoms with Gasteiger partial charge in [0.2, 0.25) is 0 Å². The van der Waals surface area contributed by atoms with Gasteiger partial charge in [-0.25, -0.2) is 0 Å². The van der Waals surface area contributed by atoms with E-state index in [9.17, 15) is 0 Å². The SMILES string of the molecule is C=C(SCl)c1ccc(Br)cc1N. The van der Waals surface area contributed by atoms with Crippen molar-refractivity contribution in [1.82, 2.24) is 0 Å². The lowest BCUT2D eigenvalue weighted by Gasteiger charge is -2.04. The maximum atomic E-state index is 5.74. The van der Waals surface area contributed by atoms with Crippen molar-refractivity contribution in [3.05, 3.63) is 34.8 Å². The van der Waals surface area contributed by atoms with Gasteiger partial charge in [-0.05, 0) is 33.8 Å². The highest BCUT2D eigenvalue weighted by Crippen LogP contribution is 2.33. The van der Waals surface area contributed by atoms with E-state index < -0.39 is 0 Å². The summed E-state index contributed by atoms with van der Waals surface area (Å²) in [5.41, 5.74) is 7.31. The highest BCUT2D eigenvalue weighted by Gasteiger charge is 2.03. The van der Waals surface area contributed by atoms with E-state index in [1.165, 1.54) is 0 Å². The van der Waals surface area contributed by atoms with E-state index in [0.29, 0.717) is 5.69 Å². The predicted molar refractivity (Wildman–Crippen MR) is 61.0 cm³/mol. The van der Waals surface area contributed by atoms with Gasteiger partial charge in [0.1, 0.15) is 0 Å². The van der Waals surface area contributed by atoms with Crippen molar-refractivity contribution < 1.29 is 0 Å². The fraction of sp³-hybridized carbons (Fsp3) is 0. The van der Waals surface area contributed by atoms with Gasteiger partial charge in [-0.1, -0.05) is 28.6 Å². The van der Waals surface area contributed by atoms with Crippen LogP contribution in [0.5, 0.6) is 0 Å². The molecule has 12 heavy (non-hydrogen) atoms. The van der Waals surface area contributed by atoms with Crippen LogP contribution in [-0.2, 0) is 0 Å². The first kappa shape index (κ1) is 9.96. The maximum Gasteiger partial charge on any atom is 0.0410 e. The summed E-state index contributed by atoms with van der Waals surface area (Å²) in [7, 11) is 6.63. The van der Waals surface area contributed by atoms with Gasteiger partial charge in [-0.2, -0.15) is 0 Å². The monoisotopic (exact) mass is 263 g/mol. The van der Waals surface area contributed by atoms with Crippen LogP contribution in [0.1, 0.15) is 5.56 Å². The zero-order chi connectivity index (χ0) is 9.14. The molecule has 1 aromatic rings. The van der Waals surface area contributed by atoms with Gasteiger partial charge in [-0.3, -0.25) is 0 Å². The molecule has 64 valence electrons. The molecule has 0 heterocycles. The third-order valence-electron chi connectivity index (χ3n) is 1.41. The topological polar surface area (TPSA) is 26.0 Å². The van der Waals surface area contributed by atoms with Crippen molar-refractivity contribution in [1.29, 1.82) is 0 Å². The Labute approximate surface area is 88.6 Å². The molecule has 0 fully saturated rings. The molecule has 0 amide bonds. The van der Waals surface area contributed by atoms with E-state index in [1.807, 2.05) is 18.2 Å². The van der Waals surface area contributed by atoms with Crippen LogP contribution < -0.4 is 5.73 Å². The molecule has 1 nitrogen and oxygen atoms in total. The number of halogens is 2. The molecule has 0 aliphatic heterocycles. The number of hydrogen-bond donors (Lipinski definition) is 1. The average Bonchev–Trinajstić information content (AvgIpc) is 2.03. The molecule has 0 saturated heterocycles. The lowest BCUT2D eigenvalue weighted by Crippen LogP contribution is -1.90. The van der Waals surface area contributed by atoms with Crippen molar-refractivity contribution in [3.63, 3.8) is 0 Å². The average molecular weight is 265 g/mol. The zero-order valence-corrected chi connectivity index (χ0v) is 9.34. The van der Waals surface area contributed by atoms with E-state index in [2.05, 4.69) is 22.5 Å². The summed E-state index contributed by atoms with van der Waals surface area (Å²) in [6.45, 7) is 3.77. The summed E-state index contributed by atoms with van der Waals surface area (Å²) in [6.07, 6.45) is 0. The highest BCUT2D eigenvalue weighted by molar-refractivity contribution is 9.10. The van der Waals surface area contributed by atoms with Crippen molar-refractivity contribution >= 4 is 48.2 Å². The van der Waals surface area contributed by atoms with Crippen LogP contribution in [0.25, 0.3) is 4.91 Å². The number of rotatable bonds is 2. The highest BCUT2D eigenvalue weighted by atomic mass is 79.9. The molecule has 0 aliphatic rings. The van der Waals surface area contributed by atoms with Gasteiger partial charge < -0.3 is 5.73 Å². The maximum absolute atomic E-state index is 5.74. The molecule has 0 atom stereocenters. The Kier molecular flexibility index (Phi) is 3.50. The van der Waals surface area contributed by atoms with Gasteiger partial charge in [0.05, 0.1) is 0 Å². The first-order valence-corrected chi connectivity index (χ1v) is 5.61. The number of anilines is 1. The lowest BCUT2D eigenvalue weighted by molar-refractivity contribution is 1.60. The van der Waals surface area contributed by atoms with E-state index >= 15 is 0 Å². The molecule has 0 saturated carbocycles. The Balaban J connectivity index is 3.09. The first-order valence-electron chi connectivity index (χ1n) is 3.18. The van der Waals surface area contributed by atoms with Gasteiger partial charge in [-0.15, -0.1) is 0 Å². The molecular formula is C8H7BrClNS. The van der Waals surface area contributed by atoms with E-state index in [-0.39, 0.29) is 0 Å². The van der Waals surface area contributed by atoms with E-state index in [4.69, 9.17) is 16.4 Å². The Morgan fingerprint density at radius 2 is 2.25 bits per heavy atom. The summed E-state index contributed by atoms with van der Waals surface area (Å²) in [5, 5.41) is 0. The molecule has 4 heteroatoms. The molecule has 0 unspecified atom stereocenters. The number of nitrogens with two attached hydrogens (primary N) is 1. The van der Waals surface area contributed by atoms with Crippen LogP contribution in [0.3, 0.4) is 0 Å². The van der Waals surface area contributed by atoms with Crippen molar-refractivity contribution in [3.8, 4) is 0 Å². The Morgan fingerprint density at radius 1 is 1.58 bits per heavy atom. The third kappa shape index (κ3) is 2.19. The number of benzene rings is 1. The Morgan fingerprint density at radius 3 is 2.75 bits per heavy atom. The van der Waals surface area contributed by atoms with Crippen LogP contribution in [0.15, 0.2) is 29.3 Å². The largest absolute Gasteiger partial charge is 0.398 e. The molecule has 1 aromatic carbocycles. The molecule has 0 bridgehead atoms. The molecule has 0 radical (unpaired) electrons. The fourth-order valence-electron chi connectivity index (χ4n) is 0.829. The van der Waals surface area contributed by atoms with Crippen molar-refractivity contribution in [2.75, 3.05) is 5.73 Å². The molecular weight excluding hydrogens is 258 g/mol. The van der Waals surface area contributed by atoms with Crippen LogP contribution in [0.4, 0.5) is 5.69 Å². The smallest absolute Gasteiger partial charge is 0.0410 e. The second-order valence-corrected chi connectivity index (χ2v) is 4.26. The summed E-state index contributed by atoms with van der Waals surface area (Å²) in [5.74, 6) is 0. The quantitative estimate of drug-likeness (QED) is 0.820. The lowest BCUT2D eigenvalue weighted by atomic mass is 10.2. The summed E-state index contributed by atoms with van der Waals surface area (Å²) < 4.78 is 0.955. The molecule has 1 rings (SSSR count). The summed E-state index contributed by atoms with van der Waals surface area (Å²) in [4.78, 5) is 0.765. The molecule has 0 spiro atoms. The Hall–Kier alpha value is -0.120. The molecule has 2 N–H and O–H groups in total. The molecule has 0 aromatic heterocycles. The first-order chi connectivity index (χ1) is 5.65. The number of hydrogen-bond acceptors (Lipinski definition) is 2. The van der Waals surface area contributed by atoms with Crippen LogP contribution in [0, 0.1) is 0 Å². The fourth-order valence-corrected chi connectivity index (χ4v) is 1.73. The molecule has 0 aliphatic carbocycles. The van der Waals surface area contributed by atoms with Gasteiger partial charge in [0, 0.05) is 20.6 Å². The summed E-state index contributed by atoms with van der Waals surface area (Å²) in [6, 6.07) is 5.62. The second-order valence-electron chi connectivity index (χ2n) is 2.23. The van der Waals surface area contributed by atoms with E-state index in [0.717, 1.165) is 25.9 Å². The van der Waals surface area contributed by atoms with Gasteiger partial charge in [0.15, 0.2) is 0 Å². The van der Waals surface area contributed by atoms with Crippen LogP contribution in [0.2, 0.25) is 0 Å². The standard InChI is InChI=1S/C8H7BrClNS/c1-5(12-10)7-3-2-6(9)4-8(7)11/h2-4H,1,11H2. The van der Waals surface area contributed by atoms with Crippen LogP contribution >= 0.6 is 37.6 Å². The minimum Gasteiger partial charge on any atom is -0.398 e.